The lowest BCUT2D eigenvalue weighted by atomic mass is 10.0. The molecule has 3 amide bonds. The molecular weight excluding hydrogens is 392 g/mol. The Morgan fingerprint density at radius 3 is 2.27 bits per heavy atom. The van der Waals surface area contributed by atoms with Gasteiger partial charge in [-0.3, -0.25) is 15.1 Å². The van der Waals surface area contributed by atoms with Crippen molar-refractivity contribution in [3.8, 4) is 11.3 Å². The quantitative estimate of drug-likeness (QED) is 0.831. The van der Waals surface area contributed by atoms with Crippen molar-refractivity contribution in [3.05, 3.63) is 42.2 Å². The van der Waals surface area contributed by atoms with Crippen LogP contribution in [-0.2, 0) is 4.79 Å². The molecule has 0 atom stereocenters. The molecule has 1 aliphatic heterocycles. The molecule has 0 radical (unpaired) electrons. The average molecular weight is 415 g/mol. The van der Waals surface area contributed by atoms with Gasteiger partial charge in [0.15, 0.2) is 5.82 Å². The van der Waals surface area contributed by atoms with Gasteiger partial charge in [-0.15, -0.1) is 0 Å². The largest absolute Gasteiger partial charge is 0.342 e. The maximum Gasteiger partial charge on any atom is 0.323 e. The number of benzene rings is 1. The molecule has 1 N–H and O–H groups in total. The molecule has 1 aromatic carbocycles. The first-order chi connectivity index (χ1) is 14.4. The van der Waals surface area contributed by atoms with Crippen LogP contribution in [0.4, 0.5) is 19.4 Å². The van der Waals surface area contributed by atoms with Gasteiger partial charge in [-0.05, 0) is 37.8 Å². The zero-order chi connectivity index (χ0) is 21.3. The average Bonchev–Trinajstić information content (AvgIpc) is 3.58. The van der Waals surface area contributed by atoms with Crippen molar-refractivity contribution in [2.45, 2.75) is 31.7 Å². The van der Waals surface area contributed by atoms with E-state index in [1.54, 1.807) is 11.9 Å². The Bertz CT molecular complexity index is 921. The first-order valence-corrected chi connectivity index (χ1v) is 10.0. The molecule has 1 aromatic heterocycles. The number of likely N-dealkylation sites (tertiary alicyclic amines) is 1. The highest BCUT2D eigenvalue weighted by atomic mass is 19.1. The Balaban J connectivity index is 1.32. The minimum atomic E-state index is -0.698. The molecule has 0 spiro atoms. The number of rotatable bonds is 4. The summed E-state index contributed by atoms with van der Waals surface area (Å²) in [5.41, 5.74) is 0.565. The van der Waals surface area contributed by atoms with Crippen LogP contribution in [0.1, 0.15) is 25.7 Å². The number of nitrogens with one attached hydrogen (secondary N) is 1. The van der Waals surface area contributed by atoms with Crippen LogP contribution >= 0.6 is 0 Å². The molecule has 1 saturated heterocycles. The lowest BCUT2D eigenvalue weighted by Crippen LogP contribution is -2.48. The van der Waals surface area contributed by atoms with Gasteiger partial charge in [-0.1, -0.05) is 0 Å². The standard InChI is InChI=1S/C21H23F2N5O2/c1-27(17-4-6-28(7-5-17)20(29)13-2-3-13)21(30)26-19-12-24-18(11-25-19)14-8-15(22)10-16(23)9-14/h8-13,17H,2-7H2,1H3,(H,25,26,30). The van der Waals surface area contributed by atoms with Gasteiger partial charge in [0, 0.05) is 43.7 Å². The number of amides is 3. The van der Waals surface area contributed by atoms with Gasteiger partial charge in [0.2, 0.25) is 5.91 Å². The number of anilines is 1. The first kappa shape index (κ1) is 20.2. The first-order valence-electron chi connectivity index (χ1n) is 10.0. The van der Waals surface area contributed by atoms with Crippen LogP contribution in [0.5, 0.6) is 0 Å². The Morgan fingerprint density at radius 1 is 1.03 bits per heavy atom. The fourth-order valence-electron chi connectivity index (χ4n) is 3.67. The molecule has 2 heterocycles. The molecule has 158 valence electrons. The second kappa shape index (κ2) is 8.33. The summed E-state index contributed by atoms with van der Waals surface area (Å²) >= 11 is 0. The van der Waals surface area contributed by atoms with Crippen molar-refractivity contribution < 1.29 is 18.4 Å². The van der Waals surface area contributed by atoms with Crippen LogP contribution in [0.3, 0.4) is 0 Å². The van der Waals surface area contributed by atoms with Crippen LogP contribution in [0.25, 0.3) is 11.3 Å². The topological polar surface area (TPSA) is 78.4 Å². The second-order valence-corrected chi connectivity index (χ2v) is 7.82. The van der Waals surface area contributed by atoms with Crippen molar-refractivity contribution in [3.63, 3.8) is 0 Å². The molecule has 9 heteroatoms. The normalized spacial score (nSPS) is 17.0. The highest BCUT2D eigenvalue weighted by molar-refractivity contribution is 5.88. The van der Waals surface area contributed by atoms with Crippen LogP contribution in [-0.4, -0.2) is 57.9 Å². The summed E-state index contributed by atoms with van der Waals surface area (Å²) in [6.45, 7) is 1.33. The molecule has 0 bridgehead atoms. The summed E-state index contributed by atoms with van der Waals surface area (Å²) < 4.78 is 26.7. The van der Waals surface area contributed by atoms with E-state index >= 15 is 0 Å². The molecule has 1 aliphatic carbocycles. The van der Waals surface area contributed by atoms with Gasteiger partial charge in [-0.25, -0.2) is 18.6 Å². The zero-order valence-corrected chi connectivity index (χ0v) is 16.6. The summed E-state index contributed by atoms with van der Waals surface area (Å²) in [5.74, 6) is -0.692. The van der Waals surface area contributed by atoms with E-state index < -0.39 is 11.6 Å². The SMILES string of the molecule is CN(C(=O)Nc1cnc(-c2cc(F)cc(F)c2)cn1)C1CCN(C(=O)C2CC2)CC1. The monoisotopic (exact) mass is 415 g/mol. The van der Waals surface area contributed by atoms with Crippen molar-refractivity contribution in [1.29, 1.82) is 0 Å². The molecular formula is C21H23F2N5O2. The predicted molar refractivity (Wildman–Crippen MR) is 106 cm³/mol. The maximum atomic E-state index is 13.4. The Labute approximate surface area is 173 Å². The van der Waals surface area contributed by atoms with Crippen LogP contribution in [0.15, 0.2) is 30.6 Å². The summed E-state index contributed by atoms with van der Waals surface area (Å²) in [7, 11) is 1.72. The van der Waals surface area contributed by atoms with E-state index in [9.17, 15) is 18.4 Å². The molecule has 1 saturated carbocycles. The third-order valence-corrected chi connectivity index (χ3v) is 5.62. The molecule has 2 fully saturated rings. The summed E-state index contributed by atoms with van der Waals surface area (Å²) in [6, 6.07) is 2.84. The number of carbonyl (C=O) groups excluding carboxylic acids is 2. The summed E-state index contributed by atoms with van der Waals surface area (Å²) in [4.78, 5) is 36.5. The number of hydrogen-bond donors (Lipinski definition) is 1. The van der Waals surface area contributed by atoms with E-state index in [1.807, 2.05) is 4.90 Å². The Hall–Kier alpha value is -3.10. The van der Waals surface area contributed by atoms with Crippen molar-refractivity contribution in [2.24, 2.45) is 5.92 Å². The number of urea groups is 1. The number of halogens is 2. The predicted octanol–water partition coefficient (Wildman–Crippen LogP) is 3.29. The maximum absolute atomic E-state index is 13.4. The van der Waals surface area contributed by atoms with Gasteiger partial charge >= 0.3 is 6.03 Å². The van der Waals surface area contributed by atoms with E-state index in [0.29, 0.717) is 18.8 Å². The molecule has 7 nitrogen and oxygen atoms in total. The molecule has 30 heavy (non-hydrogen) atoms. The van der Waals surface area contributed by atoms with Gasteiger partial charge in [-0.2, -0.15) is 0 Å². The molecule has 0 unspecified atom stereocenters. The molecule has 4 rings (SSSR count). The Kier molecular flexibility index (Phi) is 5.61. The zero-order valence-electron chi connectivity index (χ0n) is 16.6. The number of aromatic nitrogens is 2. The van der Waals surface area contributed by atoms with Crippen LogP contribution < -0.4 is 5.32 Å². The number of piperidine rings is 1. The lowest BCUT2D eigenvalue weighted by molar-refractivity contribution is -0.133. The highest BCUT2D eigenvalue weighted by Gasteiger charge is 2.35. The van der Waals surface area contributed by atoms with E-state index in [-0.39, 0.29) is 35.3 Å². The van der Waals surface area contributed by atoms with Crippen LogP contribution in [0, 0.1) is 17.6 Å². The molecule has 2 aromatic rings. The van der Waals surface area contributed by atoms with Crippen LogP contribution in [0.2, 0.25) is 0 Å². The van der Waals surface area contributed by atoms with Crippen molar-refractivity contribution in [2.75, 3.05) is 25.5 Å². The van der Waals surface area contributed by atoms with Gasteiger partial charge in [0.05, 0.1) is 18.1 Å². The smallest absolute Gasteiger partial charge is 0.323 e. The molecule has 2 aliphatic rings. The van der Waals surface area contributed by atoms with Crippen molar-refractivity contribution >= 4 is 17.8 Å². The minimum absolute atomic E-state index is 0.0377. The minimum Gasteiger partial charge on any atom is -0.342 e. The van der Waals surface area contributed by atoms with Crippen molar-refractivity contribution in [1.82, 2.24) is 19.8 Å². The van der Waals surface area contributed by atoms with E-state index in [2.05, 4.69) is 15.3 Å². The number of nitrogens with zero attached hydrogens (tertiary/aromatic N) is 4. The third-order valence-electron chi connectivity index (χ3n) is 5.62. The van der Waals surface area contributed by atoms with E-state index in [0.717, 1.165) is 31.7 Å². The fourth-order valence-corrected chi connectivity index (χ4v) is 3.67. The number of carbonyl (C=O) groups is 2. The summed E-state index contributed by atoms with van der Waals surface area (Å²) in [5, 5.41) is 2.69. The van der Waals surface area contributed by atoms with Gasteiger partial charge in [0.1, 0.15) is 11.6 Å². The second-order valence-electron chi connectivity index (χ2n) is 7.82. The van der Waals surface area contributed by atoms with E-state index in [1.165, 1.54) is 24.5 Å². The fraction of sp³-hybridized carbons (Fsp3) is 0.429. The van der Waals surface area contributed by atoms with Gasteiger partial charge < -0.3 is 9.80 Å². The summed E-state index contributed by atoms with van der Waals surface area (Å²) in [6.07, 6.45) is 6.16. The highest BCUT2D eigenvalue weighted by Crippen LogP contribution is 2.32. The third kappa shape index (κ3) is 4.55. The van der Waals surface area contributed by atoms with E-state index in [4.69, 9.17) is 0 Å². The Morgan fingerprint density at radius 2 is 1.70 bits per heavy atom. The lowest BCUT2D eigenvalue weighted by Gasteiger charge is -2.36. The number of hydrogen-bond acceptors (Lipinski definition) is 4. The van der Waals surface area contributed by atoms with Gasteiger partial charge in [0.25, 0.3) is 0 Å².